The Hall–Kier alpha value is -1.86. The van der Waals surface area contributed by atoms with Crippen LogP contribution in [0.25, 0.3) is 0 Å². The molecule has 0 saturated carbocycles. The maximum Gasteiger partial charge on any atom is 0.408 e. The van der Waals surface area contributed by atoms with Gasteiger partial charge in [-0.3, -0.25) is 0 Å². The summed E-state index contributed by atoms with van der Waals surface area (Å²) >= 11 is 0. The Balaban J connectivity index is 0. The van der Waals surface area contributed by atoms with Gasteiger partial charge in [0, 0.05) is 15.2 Å². The highest BCUT2D eigenvalue weighted by Gasteiger charge is 2.26. The number of rotatable bonds is 3. The van der Waals surface area contributed by atoms with Gasteiger partial charge in [-0.05, 0) is 26.3 Å². The Bertz CT molecular complexity index is 515. The van der Waals surface area contributed by atoms with Crippen LogP contribution in [0, 0.1) is 0 Å². The van der Waals surface area contributed by atoms with Crippen molar-refractivity contribution >= 4 is 20.1 Å². The first kappa shape index (κ1) is 26.4. The minimum absolute atomic E-state index is 0.544. The average molecular weight is 386 g/mol. The molecule has 6 nitrogen and oxygen atoms in total. The number of esters is 1. The Morgan fingerprint density at radius 2 is 1.46 bits per heavy atom. The third-order valence-corrected chi connectivity index (χ3v) is 2.23. The van der Waals surface area contributed by atoms with Gasteiger partial charge in [0.15, 0.2) is 6.04 Å². The quantitative estimate of drug-likeness (QED) is 0.607. The summed E-state index contributed by atoms with van der Waals surface area (Å²) in [7, 11) is 1.66. The minimum Gasteiger partial charge on any atom is -0.467 e. The molecule has 1 aromatic carbocycles. The number of ether oxygens (including phenoxy) is 2. The van der Waals surface area contributed by atoms with E-state index in [1.165, 1.54) is 7.11 Å². The predicted octanol–water partition coefficient (Wildman–Crippen LogP) is 3.99. The van der Waals surface area contributed by atoms with Crippen molar-refractivity contribution in [3.8, 4) is 0 Å². The van der Waals surface area contributed by atoms with Gasteiger partial charge in [0.25, 0.3) is 0 Å². The number of methoxy groups -OCH3 is 1. The number of hydrogen-bond donors (Lipinski definition) is 2. The highest BCUT2D eigenvalue weighted by Crippen LogP contribution is 2.15. The van der Waals surface area contributed by atoms with Gasteiger partial charge in [-0.1, -0.05) is 56.5 Å². The lowest BCUT2D eigenvalue weighted by molar-refractivity contribution is -0.143. The van der Waals surface area contributed by atoms with E-state index in [1.807, 2.05) is 6.07 Å². The van der Waals surface area contributed by atoms with Gasteiger partial charge in [-0.2, -0.15) is 0 Å². The van der Waals surface area contributed by atoms with Crippen LogP contribution < -0.4 is 5.32 Å². The molecular weight excluding hydrogens is 350 g/mol. The van der Waals surface area contributed by atoms with Crippen molar-refractivity contribution in [3.63, 3.8) is 0 Å². The number of alkyl carbamates (subject to hydrolysis) is 1. The number of aliphatic hydroxyl groups is 1. The second-order valence-corrected chi connectivity index (χ2v) is 14.0. The SMILES string of the molecule is CO.COC(=O)[C@H](NC(=O)OC(C)(C)C)c1ccccc1.C[Si](C)(C)C. The zero-order valence-corrected chi connectivity index (χ0v) is 18.5. The normalized spacial score (nSPS) is 11.6. The number of benzene rings is 1. The van der Waals surface area contributed by atoms with E-state index in [-0.39, 0.29) is 0 Å². The van der Waals surface area contributed by atoms with E-state index in [0.29, 0.717) is 5.56 Å². The molecule has 0 unspecified atom stereocenters. The van der Waals surface area contributed by atoms with Crippen LogP contribution in [0.1, 0.15) is 32.4 Å². The van der Waals surface area contributed by atoms with Crippen molar-refractivity contribution in [1.29, 1.82) is 0 Å². The third-order valence-electron chi connectivity index (χ3n) is 2.23. The van der Waals surface area contributed by atoms with Gasteiger partial charge >= 0.3 is 12.1 Å². The third kappa shape index (κ3) is 15.7. The van der Waals surface area contributed by atoms with Gasteiger partial charge in [-0.25, -0.2) is 9.59 Å². The molecule has 0 bridgehead atoms. The van der Waals surface area contributed by atoms with Crippen molar-refractivity contribution < 1.29 is 24.2 Å². The van der Waals surface area contributed by atoms with E-state index in [0.717, 1.165) is 7.11 Å². The zero-order valence-electron chi connectivity index (χ0n) is 17.5. The smallest absolute Gasteiger partial charge is 0.408 e. The number of aliphatic hydroxyl groups excluding tert-OH is 1. The molecule has 1 amide bonds. The molecule has 0 aromatic heterocycles. The molecule has 150 valence electrons. The Kier molecular flexibility index (Phi) is 12.7. The molecule has 0 aliphatic heterocycles. The summed E-state index contributed by atoms with van der Waals surface area (Å²) in [6.45, 7) is 14.6. The topological polar surface area (TPSA) is 84.9 Å². The molecule has 1 atom stereocenters. The molecule has 0 radical (unpaired) electrons. The van der Waals surface area contributed by atoms with Crippen LogP contribution in [0.2, 0.25) is 26.2 Å². The summed E-state index contributed by atoms with van der Waals surface area (Å²) in [5.74, 6) is -0.544. The Labute approximate surface area is 158 Å². The van der Waals surface area contributed by atoms with Gasteiger partial charge in [0.1, 0.15) is 5.60 Å². The molecule has 2 N–H and O–H groups in total. The van der Waals surface area contributed by atoms with Gasteiger partial charge < -0.3 is 19.9 Å². The molecule has 26 heavy (non-hydrogen) atoms. The summed E-state index contributed by atoms with van der Waals surface area (Å²) in [6.07, 6.45) is -0.660. The van der Waals surface area contributed by atoms with Crippen LogP contribution in [-0.2, 0) is 14.3 Å². The first-order valence-corrected chi connectivity index (χ1v) is 12.4. The van der Waals surface area contributed by atoms with Gasteiger partial charge in [0.2, 0.25) is 0 Å². The number of carbonyl (C=O) groups excluding carboxylic acids is 2. The van der Waals surface area contributed by atoms with Crippen LogP contribution in [0.4, 0.5) is 4.79 Å². The number of carbonyl (C=O) groups is 2. The van der Waals surface area contributed by atoms with E-state index in [1.54, 1.807) is 45.0 Å². The summed E-state index contributed by atoms with van der Waals surface area (Å²) < 4.78 is 9.82. The highest BCUT2D eigenvalue weighted by molar-refractivity contribution is 6.74. The molecule has 1 aromatic rings. The molecule has 0 saturated heterocycles. The van der Waals surface area contributed by atoms with Crippen molar-refractivity contribution in [1.82, 2.24) is 5.32 Å². The van der Waals surface area contributed by atoms with Gasteiger partial charge in [-0.15, -0.1) is 0 Å². The van der Waals surface area contributed by atoms with Crippen LogP contribution in [-0.4, -0.2) is 45.1 Å². The summed E-state index contributed by atoms with van der Waals surface area (Å²) in [5, 5.41) is 9.50. The lowest BCUT2D eigenvalue weighted by Crippen LogP contribution is -2.38. The molecule has 1 rings (SSSR count). The van der Waals surface area contributed by atoms with Crippen LogP contribution in [0.3, 0.4) is 0 Å². The number of amides is 1. The lowest BCUT2D eigenvalue weighted by atomic mass is 10.1. The molecule has 0 spiro atoms. The molecule has 0 fully saturated rings. The second-order valence-electron chi connectivity index (χ2n) is 8.01. The summed E-state index contributed by atoms with van der Waals surface area (Å²) in [6, 6.07) is 7.98. The second kappa shape index (κ2) is 12.5. The van der Waals surface area contributed by atoms with E-state index >= 15 is 0 Å². The van der Waals surface area contributed by atoms with E-state index in [4.69, 9.17) is 9.84 Å². The molecular formula is C19H35NO5Si. The summed E-state index contributed by atoms with van der Waals surface area (Å²) in [4.78, 5) is 23.4. The monoisotopic (exact) mass is 385 g/mol. The maximum atomic E-state index is 11.7. The number of hydrogen-bond acceptors (Lipinski definition) is 5. The van der Waals surface area contributed by atoms with E-state index < -0.39 is 31.8 Å². The lowest BCUT2D eigenvalue weighted by Gasteiger charge is -2.22. The number of nitrogens with one attached hydrogen (secondary N) is 1. The average Bonchev–Trinajstić information content (AvgIpc) is 2.51. The summed E-state index contributed by atoms with van der Waals surface area (Å²) in [5.41, 5.74) is 0.0155. The molecule has 0 aliphatic carbocycles. The minimum atomic E-state index is -0.874. The van der Waals surface area contributed by atoms with Crippen LogP contribution in [0.5, 0.6) is 0 Å². The fourth-order valence-corrected chi connectivity index (χ4v) is 1.47. The molecule has 7 heteroatoms. The largest absolute Gasteiger partial charge is 0.467 e. The first-order valence-electron chi connectivity index (χ1n) is 8.40. The molecule has 0 aliphatic rings. The van der Waals surface area contributed by atoms with Crippen molar-refractivity contribution in [3.05, 3.63) is 35.9 Å². The fourth-order valence-electron chi connectivity index (χ4n) is 1.47. The van der Waals surface area contributed by atoms with Crippen LogP contribution >= 0.6 is 0 Å². The Morgan fingerprint density at radius 3 is 1.81 bits per heavy atom. The zero-order chi connectivity index (χ0) is 21.0. The Morgan fingerprint density at radius 1 is 1.04 bits per heavy atom. The first-order chi connectivity index (χ1) is 11.8. The molecule has 0 heterocycles. The maximum absolute atomic E-state index is 11.7. The predicted molar refractivity (Wildman–Crippen MR) is 108 cm³/mol. The highest BCUT2D eigenvalue weighted by atomic mass is 28.3. The van der Waals surface area contributed by atoms with E-state index in [9.17, 15) is 9.59 Å². The standard InChI is InChI=1S/C14H19NO4.C4H12Si.CH4O/c1-14(2,3)19-13(17)15-11(12(16)18-4)10-8-6-5-7-9-10;1-5(2,3)4;1-2/h5-9,11H,1-4H3,(H,15,17);1-4H3;2H,1H3/t11-;;/m1../s1. The van der Waals surface area contributed by atoms with Crippen molar-refractivity contribution in [2.24, 2.45) is 0 Å². The van der Waals surface area contributed by atoms with Gasteiger partial charge in [0.05, 0.1) is 7.11 Å². The van der Waals surface area contributed by atoms with Crippen LogP contribution in [0.15, 0.2) is 30.3 Å². The van der Waals surface area contributed by atoms with Crippen molar-refractivity contribution in [2.75, 3.05) is 14.2 Å². The fraction of sp³-hybridized carbons (Fsp3) is 0.579. The van der Waals surface area contributed by atoms with Crippen molar-refractivity contribution in [2.45, 2.75) is 58.6 Å². The van der Waals surface area contributed by atoms with E-state index in [2.05, 4.69) is 36.2 Å².